The Balaban J connectivity index is 1.95. The van der Waals surface area contributed by atoms with Crippen LogP contribution in [0.2, 0.25) is 0 Å². The Morgan fingerprint density at radius 1 is 1.16 bits per heavy atom. The molecule has 0 bridgehead atoms. The van der Waals surface area contributed by atoms with Crippen LogP contribution in [0.5, 0.6) is 5.75 Å². The number of aromatic hydroxyl groups is 1. The molecular formula is C16H16O3. The first kappa shape index (κ1) is 12.1. The summed E-state index contributed by atoms with van der Waals surface area (Å²) in [5, 5.41) is 19.8. The van der Waals surface area contributed by atoms with Crippen LogP contribution >= 0.6 is 0 Å². The van der Waals surface area contributed by atoms with Gasteiger partial charge in [-0.05, 0) is 24.6 Å². The molecule has 3 heteroatoms. The van der Waals surface area contributed by atoms with Crippen molar-refractivity contribution in [2.24, 2.45) is 0 Å². The summed E-state index contributed by atoms with van der Waals surface area (Å²) >= 11 is 0. The molecule has 1 aromatic rings. The fraction of sp³-hybridized carbons (Fsp3) is 0.250. The lowest BCUT2D eigenvalue weighted by Gasteiger charge is -2.32. The fourth-order valence-corrected chi connectivity index (χ4v) is 2.50. The minimum Gasteiger partial charge on any atom is -0.508 e. The van der Waals surface area contributed by atoms with Gasteiger partial charge in [0.05, 0.1) is 6.26 Å². The molecule has 0 amide bonds. The van der Waals surface area contributed by atoms with Crippen molar-refractivity contribution in [3.05, 3.63) is 59.4 Å². The molecule has 3 nitrogen and oxygen atoms in total. The van der Waals surface area contributed by atoms with Gasteiger partial charge in [0, 0.05) is 17.6 Å². The first-order valence-corrected chi connectivity index (χ1v) is 6.35. The predicted molar refractivity (Wildman–Crippen MR) is 73.4 cm³/mol. The van der Waals surface area contributed by atoms with Crippen LogP contribution in [0.3, 0.4) is 0 Å². The summed E-state index contributed by atoms with van der Waals surface area (Å²) in [6, 6.07) is 6.76. The normalized spacial score (nSPS) is 25.7. The lowest BCUT2D eigenvalue weighted by Crippen LogP contribution is -2.30. The van der Waals surface area contributed by atoms with Crippen LogP contribution in [-0.4, -0.2) is 22.4 Å². The number of phenolic OH excluding ortho intramolecular Hbond substituents is 1. The molecule has 3 rings (SSSR count). The Hall–Kier alpha value is -2.00. The number of hydrogen-bond acceptors (Lipinski definition) is 3. The molecule has 1 aromatic carbocycles. The van der Waals surface area contributed by atoms with Crippen LogP contribution < -0.4 is 0 Å². The summed E-state index contributed by atoms with van der Waals surface area (Å²) in [6.07, 6.45) is 5.73. The first-order valence-electron chi connectivity index (χ1n) is 6.35. The van der Waals surface area contributed by atoms with Gasteiger partial charge in [-0.25, -0.2) is 0 Å². The van der Waals surface area contributed by atoms with Crippen molar-refractivity contribution in [3.8, 4) is 5.75 Å². The van der Waals surface area contributed by atoms with E-state index < -0.39 is 6.10 Å². The van der Waals surface area contributed by atoms with Gasteiger partial charge in [-0.2, -0.15) is 0 Å². The molecule has 2 atom stereocenters. The predicted octanol–water partition coefficient (Wildman–Crippen LogP) is 2.77. The minimum atomic E-state index is -0.646. The number of ether oxygens (including phenoxy) is 1. The summed E-state index contributed by atoms with van der Waals surface area (Å²) in [6.45, 7) is 2.06. The highest BCUT2D eigenvalue weighted by atomic mass is 16.5. The van der Waals surface area contributed by atoms with Crippen molar-refractivity contribution in [1.82, 2.24) is 0 Å². The van der Waals surface area contributed by atoms with Crippen LogP contribution in [0.4, 0.5) is 0 Å². The van der Waals surface area contributed by atoms with E-state index in [2.05, 4.69) is 6.92 Å². The number of hydrogen-bond donors (Lipinski definition) is 2. The van der Waals surface area contributed by atoms with E-state index >= 15 is 0 Å². The molecule has 1 heterocycles. The third-order valence-electron chi connectivity index (χ3n) is 3.61. The van der Waals surface area contributed by atoms with E-state index in [1.165, 1.54) is 5.57 Å². The molecule has 2 N–H and O–H groups in total. The number of aliphatic hydroxyl groups is 1. The molecule has 0 spiro atoms. The molecule has 1 aliphatic heterocycles. The van der Waals surface area contributed by atoms with Crippen molar-refractivity contribution in [1.29, 1.82) is 0 Å². The molecule has 98 valence electrons. The summed E-state index contributed by atoms with van der Waals surface area (Å²) in [5.41, 5.74) is 3.74. The maximum absolute atomic E-state index is 10.5. The van der Waals surface area contributed by atoms with E-state index in [4.69, 9.17) is 4.74 Å². The lowest BCUT2D eigenvalue weighted by molar-refractivity contribution is 0.125. The number of aliphatic hydroxyl groups excluding tert-OH is 1. The third-order valence-corrected chi connectivity index (χ3v) is 3.61. The number of phenols is 1. The second-order valence-corrected chi connectivity index (χ2v) is 5.03. The zero-order chi connectivity index (χ0) is 13.4. The van der Waals surface area contributed by atoms with E-state index in [1.807, 2.05) is 12.2 Å². The zero-order valence-electron chi connectivity index (χ0n) is 10.7. The van der Waals surface area contributed by atoms with E-state index in [0.717, 1.165) is 23.1 Å². The van der Waals surface area contributed by atoms with Crippen LogP contribution in [-0.2, 0) is 4.74 Å². The molecule has 19 heavy (non-hydrogen) atoms. The fourth-order valence-electron chi connectivity index (χ4n) is 2.50. The van der Waals surface area contributed by atoms with Gasteiger partial charge in [-0.15, -0.1) is 0 Å². The maximum atomic E-state index is 10.5. The quantitative estimate of drug-likeness (QED) is 0.812. The van der Waals surface area contributed by atoms with Crippen LogP contribution in [0.25, 0.3) is 5.57 Å². The smallest absolute Gasteiger partial charge is 0.126 e. The van der Waals surface area contributed by atoms with Crippen molar-refractivity contribution in [3.63, 3.8) is 0 Å². The monoisotopic (exact) mass is 256 g/mol. The van der Waals surface area contributed by atoms with Crippen LogP contribution in [0.1, 0.15) is 18.9 Å². The van der Waals surface area contributed by atoms with Gasteiger partial charge in [0.2, 0.25) is 0 Å². The van der Waals surface area contributed by atoms with E-state index in [-0.39, 0.29) is 11.9 Å². The summed E-state index contributed by atoms with van der Waals surface area (Å²) in [5.74, 6) is 0.212. The minimum absolute atomic E-state index is 0.0548. The van der Waals surface area contributed by atoms with E-state index in [1.54, 1.807) is 30.5 Å². The van der Waals surface area contributed by atoms with Gasteiger partial charge in [-0.3, -0.25) is 0 Å². The molecule has 0 aromatic heterocycles. The van der Waals surface area contributed by atoms with Gasteiger partial charge in [0.15, 0.2) is 0 Å². The highest BCUT2D eigenvalue weighted by molar-refractivity contribution is 5.72. The largest absolute Gasteiger partial charge is 0.508 e. The standard InChI is InChI=1S/C16H16O3/c1-10-2-7-13-15(8-10)19-9-14(16(13)18)11-3-5-12(17)6-4-11/h2-7,9,15-18H,8H2,1H3/t15?,16-/m0/s1. The van der Waals surface area contributed by atoms with E-state index in [0.29, 0.717) is 0 Å². The Kier molecular flexibility index (Phi) is 2.91. The SMILES string of the molecule is CC1=CC=C2C(C1)OC=C(c1ccc(O)cc1)[C@H]2O. The highest BCUT2D eigenvalue weighted by Crippen LogP contribution is 2.35. The topological polar surface area (TPSA) is 49.7 Å². The Bertz CT molecular complexity index is 579. The van der Waals surface area contributed by atoms with Crippen LogP contribution in [0.15, 0.2) is 53.8 Å². The Morgan fingerprint density at radius 3 is 2.63 bits per heavy atom. The number of fused-ring (bicyclic) bond motifs is 1. The van der Waals surface area contributed by atoms with Gasteiger partial charge in [0.25, 0.3) is 0 Å². The van der Waals surface area contributed by atoms with Gasteiger partial charge >= 0.3 is 0 Å². The molecule has 0 fully saturated rings. The summed E-state index contributed by atoms with van der Waals surface area (Å²) < 4.78 is 5.73. The number of benzene rings is 1. The van der Waals surface area contributed by atoms with Crippen molar-refractivity contribution in [2.45, 2.75) is 25.6 Å². The second kappa shape index (κ2) is 4.59. The van der Waals surface area contributed by atoms with Crippen molar-refractivity contribution >= 4 is 5.57 Å². The maximum Gasteiger partial charge on any atom is 0.126 e. The molecule has 1 unspecified atom stereocenters. The summed E-state index contributed by atoms with van der Waals surface area (Å²) in [7, 11) is 0. The third kappa shape index (κ3) is 2.17. The Labute approximate surface area is 112 Å². The van der Waals surface area contributed by atoms with Crippen LogP contribution in [0, 0.1) is 0 Å². The Morgan fingerprint density at radius 2 is 1.89 bits per heavy atom. The average molecular weight is 256 g/mol. The highest BCUT2D eigenvalue weighted by Gasteiger charge is 2.31. The average Bonchev–Trinajstić information content (AvgIpc) is 2.40. The lowest BCUT2D eigenvalue weighted by atomic mass is 9.86. The molecule has 0 saturated carbocycles. The molecule has 2 aliphatic rings. The molecule has 0 saturated heterocycles. The second-order valence-electron chi connectivity index (χ2n) is 5.03. The number of rotatable bonds is 1. The van der Waals surface area contributed by atoms with Gasteiger partial charge < -0.3 is 14.9 Å². The van der Waals surface area contributed by atoms with Crippen molar-refractivity contribution in [2.75, 3.05) is 0 Å². The van der Waals surface area contributed by atoms with E-state index in [9.17, 15) is 10.2 Å². The first-order chi connectivity index (χ1) is 9.15. The van der Waals surface area contributed by atoms with Gasteiger partial charge in [0.1, 0.15) is 18.0 Å². The van der Waals surface area contributed by atoms with Gasteiger partial charge in [-0.1, -0.05) is 29.9 Å². The zero-order valence-corrected chi connectivity index (χ0v) is 10.7. The summed E-state index contributed by atoms with van der Waals surface area (Å²) in [4.78, 5) is 0. The molecule has 1 aliphatic carbocycles. The van der Waals surface area contributed by atoms with Crippen molar-refractivity contribution < 1.29 is 14.9 Å². The molecule has 0 radical (unpaired) electrons. The molecular weight excluding hydrogens is 240 g/mol. The number of allylic oxidation sites excluding steroid dienone is 2.